The van der Waals surface area contributed by atoms with Crippen molar-refractivity contribution >= 4 is 17.7 Å². The summed E-state index contributed by atoms with van der Waals surface area (Å²) in [6, 6.07) is 9.51. The fourth-order valence-electron chi connectivity index (χ4n) is 2.84. The van der Waals surface area contributed by atoms with Crippen LogP contribution in [0.1, 0.15) is 15.9 Å². The quantitative estimate of drug-likeness (QED) is 0.758. The van der Waals surface area contributed by atoms with Gasteiger partial charge in [0.05, 0.1) is 0 Å². The second-order valence-corrected chi connectivity index (χ2v) is 7.14. The van der Waals surface area contributed by atoms with Crippen molar-refractivity contribution in [1.29, 1.82) is 0 Å². The third-order valence-electron chi connectivity index (χ3n) is 4.12. The van der Waals surface area contributed by atoms with E-state index in [1.54, 1.807) is 11.1 Å². The van der Waals surface area contributed by atoms with Crippen LogP contribution in [0.25, 0.3) is 0 Å². The maximum absolute atomic E-state index is 12.5. The summed E-state index contributed by atoms with van der Waals surface area (Å²) >= 11 is -0.179. The van der Waals surface area contributed by atoms with E-state index in [9.17, 15) is 18.0 Å². The molecule has 1 aromatic heterocycles. The number of amides is 1. The van der Waals surface area contributed by atoms with Gasteiger partial charge in [-0.3, -0.25) is 14.7 Å². The first-order valence-electron chi connectivity index (χ1n) is 8.17. The molecular formula is C18H18F3N3OS. The van der Waals surface area contributed by atoms with Crippen molar-refractivity contribution in [1.82, 2.24) is 14.8 Å². The highest BCUT2D eigenvalue weighted by atomic mass is 32.2. The molecule has 0 atom stereocenters. The third kappa shape index (κ3) is 5.22. The highest BCUT2D eigenvalue weighted by Crippen LogP contribution is 2.36. The molecule has 0 radical (unpaired) electrons. The molecule has 138 valence electrons. The molecule has 26 heavy (non-hydrogen) atoms. The Morgan fingerprint density at radius 3 is 2.35 bits per heavy atom. The lowest BCUT2D eigenvalue weighted by Gasteiger charge is -2.34. The Balaban J connectivity index is 1.53. The van der Waals surface area contributed by atoms with Crippen molar-refractivity contribution in [3.8, 4) is 0 Å². The van der Waals surface area contributed by atoms with Crippen molar-refractivity contribution in [3.05, 3.63) is 59.9 Å². The number of alkyl halides is 3. The molecule has 0 saturated carbocycles. The lowest BCUT2D eigenvalue weighted by atomic mass is 10.1. The van der Waals surface area contributed by atoms with Crippen molar-refractivity contribution in [3.63, 3.8) is 0 Å². The monoisotopic (exact) mass is 381 g/mol. The van der Waals surface area contributed by atoms with Crippen LogP contribution in [-0.2, 0) is 6.54 Å². The molecule has 4 nitrogen and oxygen atoms in total. The van der Waals surface area contributed by atoms with Gasteiger partial charge >= 0.3 is 5.51 Å². The summed E-state index contributed by atoms with van der Waals surface area (Å²) in [4.78, 5) is 20.7. The summed E-state index contributed by atoms with van der Waals surface area (Å²) in [5, 5.41) is 0. The predicted molar refractivity (Wildman–Crippen MR) is 93.8 cm³/mol. The van der Waals surface area contributed by atoms with Crippen LogP contribution in [0.3, 0.4) is 0 Å². The first-order valence-corrected chi connectivity index (χ1v) is 8.99. The Bertz CT molecular complexity index is 730. The predicted octanol–water partition coefficient (Wildman–Crippen LogP) is 3.65. The molecular weight excluding hydrogens is 363 g/mol. The maximum Gasteiger partial charge on any atom is 0.446 e. The molecule has 1 aliphatic heterocycles. The lowest BCUT2D eigenvalue weighted by molar-refractivity contribution is -0.0328. The van der Waals surface area contributed by atoms with E-state index in [2.05, 4.69) is 9.88 Å². The van der Waals surface area contributed by atoms with E-state index < -0.39 is 5.51 Å². The topological polar surface area (TPSA) is 36.4 Å². The first-order chi connectivity index (χ1) is 12.4. The third-order valence-corrected chi connectivity index (χ3v) is 4.86. The Labute approximate surface area is 154 Å². The molecule has 2 aromatic rings. The largest absolute Gasteiger partial charge is 0.446 e. The number of hydrogen-bond acceptors (Lipinski definition) is 4. The van der Waals surface area contributed by atoms with Crippen LogP contribution in [0.2, 0.25) is 0 Å². The minimum atomic E-state index is -4.32. The molecule has 0 aliphatic carbocycles. The van der Waals surface area contributed by atoms with Gasteiger partial charge in [-0.15, -0.1) is 0 Å². The van der Waals surface area contributed by atoms with Crippen LogP contribution in [-0.4, -0.2) is 52.4 Å². The summed E-state index contributed by atoms with van der Waals surface area (Å²) in [6.45, 7) is 3.49. The lowest BCUT2D eigenvalue weighted by Crippen LogP contribution is -2.48. The van der Waals surface area contributed by atoms with Crippen molar-refractivity contribution in [2.45, 2.75) is 16.9 Å². The Morgan fingerprint density at radius 1 is 1.08 bits per heavy atom. The molecule has 0 spiro atoms. The van der Waals surface area contributed by atoms with Crippen LogP contribution in [0.15, 0.2) is 53.7 Å². The van der Waals surface area contributed by atoms with Crippen LogP contribution < -0.4 is 0 Å². The average Bonchev–Trinajstić information content (AvgIpc) is 2.62. The minimum absolute atomic E-state index is 0.0790. The van der Waals surface area contributed by atoms with Crippen LogP contribution in [0.4, 0.5) is 13.2 Å². The molecule has 1 saturated heterocycles. The van der Waals surface area contributed by atoms with Gasteiger partial charge in [0.2, 0.25) is 0 Å². The molecule has 0 N–H and O–H groups in total. The van der Waals surface area contributed by atoms with Crippen molar-refractivity contribution in [2.24, 2.45) is 0 Å². The van der Waals surface area contributed by atoms with Crippen molar-refractivity contribution < 1.29 is 18.0 Å². The van der Waals surface area contributed by atoms with E-state index in [-0.39, 0.29) is 22.6 Å². The van der Waals surface area contributed by atoms with E-state index in [0.717, 1.165) is 25.2 Å². The van der Waals surface area contributed by atoms with Gasteiger partial charge in [-0.1, -0.05) is 6.07 Å². The summed E-state index contributed by atoms with van der Waals surface area (Å²) < 4.78 is 37.1. The van der Waals surface area contributed by atoms with Gasteiger partial charge < -0.3 is 4.90 Å². The number of piperazine rings is 1. The van der Waals surface area contributed by atoms with E-state index in [1.807, 2.05) is 18.3 Å². The minimum Gasteiger partial charge on any atom is -0.336 e. The van der Waals surface area contributed by atoms with Gasteiger partial charge in [-0.2, -0.15) is 13.2 Å². The SMILES string of the molecule is O=C(c1ccc(SC(F)(F)F)cc1)N1CCN(Cc2cccnc2)CC1. The molecule has 3 rings (SSSR count). The number of pyridine rings is 1. The number of benzene rings is 1. The molecule has 1 amide bonds. The number of nitrogens with zero attached hydrogens (tertiary/aromatic N) is 3. The van der Waals surface area contributed by atoms with Gasteiger partial charge in [-0.05, 0) is 47.7 Å². The smallest absolute Gasteiger partial charge is 0.336 e. The fraction of sp³-hybridized carbons (Fsp3) is 0.333. The van der Waals surface area contributed by atoms with Gasteiger partial charge in [0.15, 0.2) is 0 Å². The van der Waals surface area contributed by atoms with Gasteiger partial charge in [-0.25, -0.2) is 0 Å². The molecule has 1 aromatic carbocycles. The van der Waals surface area contributed by atoms with Gasteiger partial charge in [0, 0.05) is 55.6 Å². The normalized spacial score (nSPS) is 15.9. The molecule has 2 heterocycles. The highest BCUT2D eigenvalue weighted by molar-refractivity contribution is 8.00. The fourth-order valence-corrected chi connectivity index (χ4v) is 3.38. The maximum atomic E-state index is 12.5. The molecule has 8 heteroatoms. The number of hydrogen-bond donors (Lipinski definition) is 0. The zero-order valence-corrected chi connectivity index (χ0v) is 14.8. The van der Waals surface area contributed by atoms with Gasteiger partial charge in [0.25, 0.3) is 5.91 Å². The second-order valence-electron chi connectivity index (χ2n) is 6.00. The Hall–Kier alpha value is -2.06. The first kappa shape index (κ1) is 18.7. The number of aromatic nitrogens is 1. The number of carbonyl (C=O) groups is 1. The average molecular weight is 381 g/mol. The van der Waals surface area contributed by atoms with Crippen LogP contribution in [0, 0.1) is 0 Å². The Morgan fingerprint density at radius 2 is 1.77 bits per heavy atom. The summed E-state index contributed by atoms with van der Waals surface area (Å²) in [7, 11) is 0. The van der Waals surface area contributed by atoms with Crippen LogP contribution >= 0.6 is 11.8 Å². The summed E-state index contributed by atoms with van der Waals surface area (Å²) in [6.07, 6.45) is 3.57. The van der Waals surface area contributed by atoms with Crippen molar-refractivity contribution in [2.75, 3.05) is 26.2 Å². The van der Waals surface area contributed by atoms with Gasteiger partial charge in [0.1, 0.15) is 0 Å². The second kappa shape index (κ2) is 8.09. The number of carbonyl (C=O) groups excluding carboxylic acids is 1. The van der Waals surface area contributed by atoms with E-state index in [1.165, 1.54) is 24.3 Å². The van der Waals surface area contributed by atoms with E-state index in [4.69, 9.17) is 0 Å². The summed E-state index contributed by atoms with van der Waals surface area (Å²) in [5.74, 6) is -0.144. The summed E-state index contributed by atoms with van der Waals surface area (Å²) in [5.41, 5.74) is -2.78. The highest BCUT2D eigenvalue weighted by Gasteiger charge is 2.29. The standard InChI is InChI=1S/C18H18F3N3OS/c19-18(20,21)26-16-5-3-15(4-6-16)17(25)24-10-8-23(9-11-24)13-14-2-1-7-22-12-14/h1-7,12H,8-11,13H2. The number of halogens is 3. The molecule has 0 unspecified atom stereocenters. The molecule has 1 aliphatic rings. The van der Waals surface area contributed by atoms with E-state index in [0.29, 0.717) is 18.7 Å². The zero-order valence-electron chi connectivity index (χ0n) is 13.9. The molecule has 0 bridgehead atoms. The molecule has 1 fully saturated rings. The van der Waals surface area contributed by atoms with Crippen LogP contribution in [0.5, 0.6) is 0 Å². The number of rotatable bonds is 4. The zero-order chi connectivity index (χ0) is 18.6. The number of thioether (sulfide) groups is 1. The van der Waals surface area contributed by atoms with E-state index >= 15 is 0 Å². The Kier molecular flexibility index (Phi) is 5.83.